The zero-order valence-electron chi connectivity index (χ0n) is 11.8. The Bertz CT molecular complexity index is 430. The van der Waals surface area contributed by atoms with Gasteiger partial charge in [0.25, 0.3) is 0 Å². The first-order valence-corrected chi connectivity index (χ1v) is 7.49. The Labute approximate surface area is 120 Å². The summed E-state index contributed by atoms with van der Waals surface area (Å²) in [7, 11) is 0. The maximum atomic E-state index is 13.4. The van der Waals surface area contributed by atoms with E-state index < -0.39 is 0 Å². The molecule has 0 heterocycles. The number of amides is 1. The summed E-state index contributed by atoms with van der Waals surface area (Å²) in [6.07, 6.45) is 6.51. The second-order valence-corrected chi connectivity index (χ2v) is 5.42. The summed E-state index contributed by atoms with van der Waals surface area (Å²) in [5.41, 5.74) is 0.688. The molecule has 1 aliphatic rings. The number of hydrogen-bond acceptors (Lipinski definition) is 2. The number of carbonyl (C=O) groups is 1. The molecule has 3 nitrogen and oxygen atoms in total. The van der Waals surface area contributed by atoms with E-state index in [0.717, 1.165) is 12.8 Å². The monoisotopic (exact) mass is 278 g/mol. The smallest absolute Gasteiger partial charge is 0.234 e. The van der Waals surface area contributed by atoms with Gasteiger partial charge in [0.1, 0.15) is 5.82 Å². The van der Waals surface area contributed by atoms with Crippen LogP contribution >= 0.6 is 0 Å². The van der Waals surface area contributed by atoms with Crippen LogP contribution in [0.15, 0.2) is 24.3 Å². The minimum Gasteiger partial charge on any atom is -0.352 e. The molecular formula is C16H23FN2O. The summed E-state index contributed by atoms with van der Waals surface area (Å²) < 4.78 is 13.4. The van der Waals surface area contributed by atoms with Crippen LogP contribution in [0.5, 0.6) is 0 Å². The molecule has 110 valence electrons. The maximum absolute atomic E-state index is 13.4. The van der Waals surface area contributed by atoms with Crippen molar-refractivity contribution in [2.75, 3.05) is 13.1 Å². The Morgan fingerprint density at radius 3 is 2.70 bits per heavy atom. The molecule has 0 unspecified atom stereocenters. The van der Waals surface area contributed by atoms with Gasteiger partial charge in [-0.3, -0.25) is 4.79 Å². The first-order valence-electron chi connectivity index (χ1n) is 7.49. The summed E-state index contributed by atoms with van der Waals surface area (Å²) in [4.78, 5) is 11.7. The lowest BCUT2D eigenvalue weighted by molar-refractivity contribution is -0.121. The highest BCUT2D eigenvalue weighted by atomic mass is 19.1. The van der Waals surface area contributed by atoms with Gasteiger partial charge in [-0.05, 0) is 37.4 Å². The predicted octanol–water partition coefficient (Wildman–Crippen LogP) is 2.41. The first-order chi connectivity index (χ1) is 9.75. The third-order valence-corrected chi connectivity index (χ3v) is 3.78. The molecule has 2 N–H and O–H groups in total. The van der Waals surface area contributed by atoms with Crippen LogP contribution in [-0.2, 0) is 11.2 Å². The van der Waals surface area contributed by atoms with E-state index in [2.05, 4.69) is 10.6 Å². The average Bonchev–Trinajstić information content (AvgIpc) is 2.46. The number of benzene rings is 1. The van der Waals surface area contributed by atoms with Crippen molar-refractivity contribution in [3.05, 3.63) is 35.6 Å². The standard InChI is InChI=1S/C16H23FN2O/c17-15-9-5-4-6-13(15)10-11-18-12-16(20)19-14-7-2-1-3-8-14/h4-6,9,14,18H,1-3,7-8,10-12H2,(H,19,20). The Kier molecular flexibility index (Phi) is 5.99. The summed E-state index contributed by atoms with van der Waals surface area (Å²) in [6, 6.07) is 7.10. The normalized spacial score (nSPS) is 16.1. The molecule has 1 aromatic rings. The number of halogens is 1. The van der Waals surface area contributed by atoms with Crippen LogP contribution < -0.4 is 10.6 Å². The molecule has 4 heteroatoms. The van der Waals surface area contributed by atoms with Crippen molar-refractivity contribution in [3.8, 4) is 0 Å². The van der Waals surface area contributed by atoms with E-state index in [-0.39, 0.29) is 11.7 Å². The van der Waals surface area contributed by atoms with E-state index in [1.807, 2.05) is 6.07 Å². The van der Waals surface area contributed by atoms with Crippen LogP contribution in [0.1, 0.15) is 37.7 Å². The summed E-state index contributed by atoms with van der Waals surface area (Å²) in [5, 5.41) is 6.13. The minimum atomic E-state index is -0.180. The quantitative estimate of drug-likeness (QED) is 0.785. The fourth-order valence-electron chi connectivity index (χ4n) is 2.65. The van der Waals surface area contributed by atoms with Gasteiger partial charge >= 0.3 is 0 Å². The molecule has 1 aromatic carbocycles. The van der Waals surface area contributed by atoms with Crippen LogP contribution in [0.25, 0.3) is 0 Å². The molecular weight excluding hydrogens is 255 g/mol. The van der Waals surface area contributed by atoms with Crippen molar-refractivity contribution < 1.29 is 9.18 Å². The van der Waals surface area contributed by atoms with Crippen molar-refractivity contribution in [2.45, 2.75) is 44.6 Å². The van der Waals surface area contributed by atoms with Gasteiger partial charge in [-0.2, -0.15) is 0 Å². The summed E-state index contributed by atoms with van der Waals surface area (Å²) >= 11 is 0. The molecule has 2 rings (SSSR count). The predicted molar refractivity (Wildman–Crippen MR) is 78.0 cm³/mol. The van der Waals surface area contributed by atoms with Crippen molar-refractivity contribution in [1.82, 2.24) is 10.6 Å². The lowest BCUT2D eigenvalue weighted by atomic mass is 9.95. The summed E-state index contributed by atoms with van der Waals surface area (Å²) in [5.74, 6) is -0.133. The second kappa shape index (κ2) is 8.00. The molecule has 0 bridgehead atoms. The highest BCUT2D eigenvalue weighted by Gasteiger charge is 2.15. The van der Waals surface area contributed by atoms with E-state index in [0.29, 0.717) is 31.1 Å². The van der Waals surface area contributed by atoms with E-state index in [1.54, 1.807) is 12.1 Å². The van der Waals surface area contributed by atoms with Gasteiger partial charge in [0.2, 0.25) is 5.91 Å². The van der Waals surface area contributed by atoms with Crippen molar-refractivity contribution in [3.63, 3.8) is 0 Å². The highest BCUT2D eigenvalue weighted by molar-refractivity contribution is 5.78. The molecule has 0 saturated heterocycles. The van der Waals surface area contributed by atoms with E-state index >= 15 is 0 Å². The molecule has 1 amide bonds. The van der Waals surface area contributed by atoms with E-state index in [1.165, 1.54) is 25.3 Å². The van der Waals surface area contributed by atoms with Crippen LogP contribution in [0.4, 0.5) is 4.39 Å². The van der Waals surface area contributed by atoms with E-state index in [9.17, 15) is 9.18 Å². The zero-order valence-corrected chi connectivity index (χ0v) is 11.8. The number of rotatable bonds is 6. The third-order valence-electron chi connectivity index (χ3n) is 3.78. The summed E-state index contributed by atoms with van der Waals surface area (Å²) in [6.45, 7) is 0.921. The van der Waals surface area contributed by atoms with Gasteiger partial charge in [0.05, 0.1) is 6.54 Å². The Morgan fingerprint density at radius 2 is 1.95 bits per heavy atom. The maximum Gasteiger partial charge on any atom is 0.234 e. The van der Waals surface area contributed by atoms with Gasteiger partial charge in [0.15, 0.2) is 0 Å². The molecule has 0 aromatic heterocycles. The molecule has 0 aliphatic heterocycles. The molecule has 1 fully saturated rings. The lowest BCUT2D eigenvalue weighted by Crippen LogP contribution is -2.41. The van der Waals surface area contributed by atoms with Crippen LogP contribution in [-0.4, -0.2) is 25.0 Å². The molecule has 1 saturated carbocycles. The van der Waals surface area contributed by atoms with E-state index in [4.69, 9.17) is 0 Å². The SMILES string of the molecule is O=C(CNCCc1ccccc1F)NC1CCCCC1. The Balaban J connectivity index is 1.60. The van der Waals surface area contributed by atoms with Crippen molar-refractivity contribution in [2.24, 2.45) is 0 Å². The lowest BCUT2D eigenvalue weighted by Gasteiger charge is -2.22. The van der Waals surface area contributed by atoms with Crippen LogP contribution in [0, 0.1) is 5.82 Å². The van der Waals surface area contributed by atoms with Gasteiger partial charge in [-0.1, -0.05) is 37.5 Å². The van der Waals surface area contributed by atoms with Crippen molar-refractivity contribution >= 4 is 5.91 Å². The van der Waals surface area contributed by atoms with Crippen LogP contribution in [0.3, 0.4) is 0 Å². The van der Waals surface area contributed by atoms with Gasteiger partial charge < -0.3 is 10.6 Å². The fraction of sp³-hybridized carbons (Fsp3) is 0.562. The zero-order chi connectivity index (χ0) is 14.2. The third kappa shape index (κ3) is 4.93. The van der Waals surface area contributed by atoms with Crippen molar-refractivity contribution in [1.29, 1.82) is 0 Å². The molecule has 20 heavy (non-hydrogen) atoms. The highest BCUT2D eigenvalue weighted by Crippen LogP contribution is 2.17. The largest absolute Gasteiger partial charge is 0.352 e. The first kappa shape index (κ1) is 15.0. The van der Waals surface area contributed by atoms with Gasteiger partial charge in [-0.15, -0.1) is 0 Å². The fourth-order valence-corrected chi connectivity index (χ4v) is 2.65. The number of carbonyl (C=O) groups excluding carboxylic acids is 1. The topological polar surface area (TPSA) is 41.1 Å². The second-order valence-electron chi connectivity index (χ2n) is 5.42. The van der Waals surface area contributed by atoms with Gasteiger partial charge in [-0.25, -0.2) is 4.39 Å². The van der Waals surface area contributed by atoms with Crippen LogP contribution in [0.2, 0.25) is 0 Å². The number of hydrogen-bond donors (Lipinski definition) is 2. The number of nitrogens with one attached hydrogen (secondary N) is 2. The average molecular weight is 278 g/mol. The Morgan fingerprint density at radius 1 is 1.20 bits per heavy atom. The molecule has 0 spiro atoms. The molecule has 0 radical (unpaired) electrons. The Hall–Kier alpha value is -1.42. The van der Waals surface area contributed by atoms with Gasteiger partial charge in [0, 0.05) is 6.04 Å². The minimum absolute atomic E-state index is 0.0467. The molecule has 1 aliphatic carbocycles. The molecule has 0 atom stereocenters.